The van der Waals surface area contributed by atoms with Crippen molar-refractivity contribution >= 4 is 11.8 Å². The van der Waals surface area contributed by atoms with E-state index in [1.165, 1.54) is 12.7 Å². The molecule has 0 spiro atoms. The van der Waals surface area contributed by atoms with Crippen molar-refractivity contribution in [3.05, 3.63) is 77.2 Å². The maximum atomic E-state index is 13.3. The van der Waals surface area contributed by atoms with E-state index in [0.29, 0.717) is 11.4 Å². The lowest BCUT2D eigenvalue weighted by Gasteiger charge is -2.24. The van der Waals surface area contributed by atoms with Gasteiger partial charge in [-0.1, -0.05) is 30.3 Å². The van der Waals surface area contributed by atoms with Gasteiger partial charge in [-0.25, -0.2) is 15.1 Å². The van der Waals surface area contributed by atoms with E-state index in [0.717, 1.165) is 36.9 Å². The summed E-state index contributed by atoms with van der Waals surface area (Å²) in [5, 5.41) is 18.1. The minimum Gasteiger partial charge on any atom is -0.381 e. The number of amides is 2. The number of fused-ring (bicyclic) bond motifs is 1. The third-order valence-electron chi connectivity index (χ3n) is 5.70. The first-order chi connectivity index (χ1) is 16.1. The number of hydroxylamine groups is 1. The highest BCUT2D eigenvalue weighted by atomic mass is 16.6. The van der Waals surface area contributed by atoms with Crippen LogP contribution in [0.2, 0.25) is 0 Å². The number of pyridine rings is 1. The Labute approximate surface area is 191 Å². The summed E-state index contributed by atoms with van der Waals surface area (Å²) in [4.78, 5) is 34.6. The van der Waals surface area contributed by atoms with Crippen LogP contribution in [-0.2, 0) is 28.9 Å². The van der Waals surface area contributed by atoms with E-state index in [1.54, 1.807) is 23.0 Å². The Kier molecular flexibility index (Phi) is 7.11. The van der Waals surface area contributed by atoms with Crippen LogP contribution in [0.4, 0.5) is 0 Å². The number of aryl methyl sites for hydroxylation is 2. The molecule has 0 radical (unpaired) electrons. The van der Waals surface area contributed by atoms with Crippen LogP contribution in [0.3, 0.4) is 0 Å². The van der Waals surface area contributed by atoms with Crippen LogP contribution < -0.4 is 10.8 Å². The van der Waals surface area contributed by atoms with Gasteiger partial charge in [0, 0.05) is 12.4 Å². The first-order valence-corrected chi connectivity index (χ1v) is 11.0. The summed E-state index contributed by atoms with van der Waals surface area (Å²) < 4.78 is 1.64. The van der Waals surface area contributed by atoms with Crippen molar-refractivity contribution in [2.75, 3.05) is 7.11 Å². The Morgan fingerprint density at radius 1 is 1.15 bits per heavy atom. The van der Waals surface area contributed by atoms with Gasteiger partial charge < -0.3 is 10.4 Å². The average molecular weight is 450 g/mol. The zero-order valence-electron chi connectivity index (χ0n) is 18.4. The lowest BCUT2D eigenvalue weighted by Crippen LogP contribution is -2.51. The summed E-state index contributed by atoms with van der Waals surface area (Å²) in [6.45, 7) is 0. The number of carbonyl (C=O) groups is 2. The van der Waals surface area contributed by atoms with Crippen LogP contribution >= 0.6 is 0 Å². The predicted molar refractivity (Wildman–Crippen MR) is 121 cm³/mol. The van der Waals surface area contributed by atoms with E-state index in [-0.39, 0.29) is 6.42 Å². The number of carbonyl (C=O) groups excluding carboxylic acids is 2. The molecule has 2 aromatic heterocycles. The summed E-state index contributed by atoms with van der Waals surface area (Å²) >= 11 is 0. The largest absolute Gasteiger partial charge is 0.381 e. The van der Waals surface area contributed by atoms with Crippen molar-refractivity contribution in [2.24, 2.45) is 0 Å². The number of aromatic nitrogens is 3. The number of nitrogens with zero attached hydrogens (tertiary/aromatic N) is 3. The van der Waals surface area contributed by atoms with Crippen molar-refractivity contribution in [2.45, 2.75) is 44.2 Å². The standard InChI is InChI=1S/C24H27N5O4/c1-33-28-24(32)21(30)20(14-16-8-3-2-4-9-16)26-23(31)18-11-7-13-25-22(18)29-15-17-10-5-6-12-19(17)27-29/h2-4,7-9,11,13,15,20-21,30H,5-6,10,12,14H2,1H3,(H,26,31)(H,28,32). The second kappa shape index (κ2) is 10.4. The van der Waals surface area contributed by atoms with E-state index < -0.39 is 24.0 Å². The summed E-state index contributed by atoms with van der Waals surface area (Å²) in [7, 11) is 1.28. The second-order valence-electron chi connectivity index (χ2n) is 8.01. The van der Waals surface area contributed by atoms with Gasteiger partial charge in [-0.05, 0) is 55.4 Å². The van der Waals surface area contributed by atoms with Crippen molar-refractivity contribution in [1.29, 1.82) is 0 Å². The lowest BCUT2D eigenvalue weighted by atomic mass is 9.99. The van der Waals surface area contributed by atoms with Crippen LogP contribution in [0, 0.1) is 0 Å². The summed E-state index contributed by atoms with van der Waals surface area (Å²) in [6, 6.07) is 11.7. The molecule has 1 aliphatic carbocycles. The summed E-state index contributed by atoms with van der Waals surface area (Å²) in [6.07, 6.45) is 6.35. The SMILES string of the molecule is CONC(=O)C(O)C(Cc1ccccc1)NC(=O)c1cccnc1-n1cc2c(n1)CCCC2. The molecule has 0 bridgehead atoms. The van der Waals surface area contributed by atoms with Crippen LogP contribution in [0.1, 0.15) is 40.0 Å². The molecule has 1 aliphatic rings. The molecule has 4 rings (SSSR count). The van der Waals surface area contributed by atoms with Crippen LogP contribution in [0.5, 0.6) is 0 Å². The highest BCUT2D eigenvalue weighted by Crippen LogP contribution is 2.22. The predicted octanol–water partition coefficient (Wildman–Crippen LogP) is 1.53. The molecule has 2 heterocycles. The van der Waals surface area contributed by atoms with Crippen molar-refractivity contribution in [1.82, 2.24) is 25.6 Å². The molecule has 0 saturated heterocycles. The van der Waals surface area contributed by atoms with E-state index in [4.69, 9.17) is 0 Å². The number of hydrogen-bond acceptors (Lipinski definition) is 6. The fourth-order valence-electron chi connectivity index (χ4n) is 4.04. The number of nitrogens with one attached hydrogen (secondary N) is 2. The van der Waals surface area contributed by atoms with Gasteiger partial charge in [-0.3, -0.25) is 14.4 Å². The number of aliphatic hydroxyl groups is 1. The highest BCUT2D eigenvalue weighted by molar-refractivity contribution is 5.97. The molecule has 0 fully saturated rings. The summed E-state index contributed by atoms with van der Waals surface area (Å²) in [5.74, 6) is -0.805. The molecule has 0 saturated carbocycles. The molecule has 3 N–H and O–H groups in total. The fraction of sp³-hybridized carbons (Fsp3) is 0.333. The molecular weight excluding hydrogens is 422 g/mol. The second-order valence-corrected chi connectivity index (χ2v) is 8.01. The van der Waals surface area contributed by atoms with Crippen molar-refractivity contribution in [3.63, 3.8) is 0 Å². The van der Waals surface area contributed by atoms with E-state index >= 15 is 0 Å². The van der Waals surface area contributed by atoms with Gasteiger partial charge in [0.2, 0.25) is 0 Å². The average Bonchev–Trinajstić information content (AvgIpc) is 3.28. The van der Waals surface area contributed by atoms with E-state index in [9.17, 15) is 14.7 Å². The number of hydrogen-bond donors (Lipinski definition) is 3. The lowest BCUT2D eigenvalue weighted by molar-refractivity contribution is -0.141. The van der Waals surface area contributed by atoms with E-state index in [2.05, 4.69) is 25.7 Å². The molecule has 3 aromatic rings. The minimum absolute atomic E-state index is 0.247. The third kappa shape index (κ3) is 5.27. The molecule has 2 atom stereocenters. The number of benzene rings is 1. The quantitative estimate of drug-likeness (QED) is 0.449. The van der Waals surface area contributed by atoms with Gasteiger partial charge in [0.05, 0.1) is 24.4 Å². The van der Waals surface area contributed by atoms with Crippen LogP contribution in [0.25, 0.3) is 5.82 Å². The topological polar surface area (TPSA) is 118 Å². The van der Waals surface area contributed by atoms with Crippen molar-refractivity contribution < 1.29 is 19.5 Å². The smallest absolute Gasteiger partial charge is 0.274 e. The molecule has 172 valence electrons. The maximum Gasteiger partial charge on any atom is 0.274 e. The van der Waals surface area contributed by atoms with E-state index in [1.807, 2.05) is 36.5 Å². The van der Waals surface area contributed by atoms with Crippen LogP contribution in [0.15, 0.2) is 54.9 Å². The molecule has 33 heavy (non-hydrogen) atoms. The first-order valence-electron chi connectivity index (χ1n) is 11.0. The fourth-order valence-corrected chi connectivity index (χ4v) is 4.04. The summed E-state index contributed by atoms with van der Waals surface area (Å²) in [5.41, 5.74) is 5.49. The molecule has 0 aliphatic heterocycles. The Bertz CT molecular complexity index is 1090. The molecule has 2 amide bonds. The highest BCUT2D eigenvalue weighted by Gasteiger charge is 2.29. The molecule has 2 unspecified atom stereocenters. The Morgan fingerprint density at radius 3 is 2.70 bits per heavy atom. The zero-order valence-corrected chi connectivity index (χ0v) is 18.4. The third-order valence-corrected chi connectivity index (χ3v) is 5.70. The number of aliphatic hydroxyl groups excluding tert-OH is 1. The molecule has 9 heteroatoms. The van der Waals surface area contributed by atoms with Gasteiger partial charge in [-0.15, -0.1) is 0 Å². The van der Waals surface area contributed by atoms with Gasteiger partial charge in [-0.2, -0.15) is 5.10 Å². The normalized spacial score (nSPS) is 14.7. The van der Waals surface area contributed by atoms with Crippen LogP contribution in [-0.4, -0.2) is 50.9 Å². The Hall–Kier alpha value is -3.56. The number of rotatable bonds is 8. The molecular formula is C24H27N5O4. The molecule has 1 aromatic carbocycles. The van der Waals surface area contributed by atoms with Crippen molar-refractivity contribution in [3.8, 4) is 5.82 Å². The minimum atomic E-state index is -1.52. The monoisotopic (exact) mass is 449 g/mol. The van der Waals surface area contributed by atoms with Gasteiger partial charge in [0.1, 0.15) is 0 Å². The van der Waals surface area contributed by atoms with Gasteiger partial charge in [0.25, 0.3) is 11.8 Å². The zero-order chi connectivity index (χ0) is 23.2. The van der Waals surface area contributed by atoms with Gasteiger partial charge >= 0.3 is 0 Å². The first kappa shape index (κ1) is 22.6. The van der Waals surface area contributed by atoms with Gasteiger partial charge in [0.15, 0.2) is 11.9 Å². The molecule has 9 nitrogen and oxygen atoms in total. The maximum absolute atomic E-state index is 13.3. The Balaban J connectivity index is 1.60. The Morgan fingerprint density at radius 2 is 1.94 bits per heavy atom.